The summed E-state index contributed by atoms with van der Waals surface area (Å²) in [4.78, 5) is 14.4. The van der Waals surface area contributed by atoms with Crippen LogP contribution < -0.4 is 5.32 Å². The summed E-state index contributed by atoms with van der Waals surface area (Å²) >= 11 is 12.6. The van der Waals surface area contributed by atoms with Crippen LogP contribution in [0.2, 0.25) is 10.0 Å². The van der Waals surface area contributed by atoms with Crippen molar-refractivity contribution in [1.82, 2.24) is 4.90 Å². The van der Waals surface area contributed by atoms with Crippen LogP contribution in [0.15, 0.2) is 48.5 Å². The predicted molar refractivity (Wildman–Crippen MR) is 98.2 cm³/mol. The van der Waals surface area contributed by atoms with E-state index in [0.717, 1.165) is 0 Å². The van der Waals surface area contributed by atoms with Gasteiger partial charge in [0.15, 0.2) is 0 Å². The number of carboxylic acids is 1. The molecule has 1 aliphatic heterocycles. The van der Waals surface area contributed by atoms with E-state index in [4.69, 9.17) is 27.9 Å². The number of morpholine rings is 1. The summed E-state index contributed by atoms with van der Waals surface area (Å²) in [7, 11) is 0. The van der Waals surface area contributed by atoms with Crippen LogP contribution in [0.3, 0.4) is 0 Å². The lowest BCUT2D eigenvalue weighted by molar-refractivity contribution is -0.153. The Balaban J connectivity index is 2.15. The van der Waals surface area contributed by atoms with Crippen molar-refractivity contribution >= 4 is 34.9 Å². The minimum atomic E-state index is -1.50. The Labute approximate surface area is 156 Å². The van der Waals surface area contributed by atoms with Crippen molar-refractivity contribution < 1.29 is 14.6 Å². The molecule has 0 aromatic heterocycles. The average Bonchev–Trinajstić information content (AvgIpc) is 2.63. The number of anilines is 1. The molecule has 1 fully saturated rings. The van der Waals surface area contributed by atoms with Crippen molar-refractivity contribution in [2.45, 2.75) is 5.66 Å². The maximum Gasteiger partial charge on any atom is 0.349 e. The standard InChI is InChI=1S/C18H18Cl2N2O3/c19-14-7-4-8-15(20)16(14)21-18(17(23)24,13-5-2-1-3-6-13)22-9-11-25-12-10-22/h1-8,21H,9-12H2,(H,23,24). The molecule has 1 saturated heterocycles. The number of rotatable bonds is 5. The summed E-state index contributed by atoms with van der Waals surface area (Å²) in [5, 5.41) is 14.1. The van der Waals surface area contributed by atoms with Gasteiger partial charge >= 0.3 is 5.97 Å². The Morgan fingerprint density at radius 2 is 1.64 bits per heavy atom. The number of ether oxygens (including phenoxy) is 1. The number of carboxylic acid groups (broad SMARTS) is 1. The number of nitrogens with zero attached hydrogens (tertiary/aromatic N) is 1. The molecule has 0 spiro atoms. The van der Waals surface area contributed by atoms with Crippen LogP contribution in [0.5, 0.6) is 0 Å². The molecule has 1 aliphatic rings. The van der Waals surface area contributed by atoms with Crippen molar-refractivity contribution in [1.29, 1.82) is 0 Å². The van der Waals surface area contributed by atoms with Crippen molar-refractivity contribution in [3.63, 3.8) is 0 Å². The first-order valence-electron chi connectivity index (χ1n) is 7.89. The largest absolute Gasteiger partial charge is 0.478 e. The second kappa shape index (κ2) is 7.62. The molecule has 0 bridgehead atoms. The highest BCUT2D eigenvalue weighted by Gasteiger charge is 2.47. The van der Waals surface area contributed by atoms with Crippen molar-refractivity contribution in [2.24, 2.45) is 0 Å². The maximum absolute atomic E-state index is 12.5. The number of hydrogen-bond acceptors (Lipinski definition) is 4. The van der Waals surface area contributed by atoms with E-state index in [1.807, 2.05) is 23.1 Å². The van der Waals surface area contributed by atoms with Gasteiger partial charge in [-0.3, -0.25) is 4.90 Å². The number of aliphatic carboxylic acids is 1. The minimum absolute atomic E-state index is 0.363. The number of para-hydroxylation sites is 1. The first-order chi connectivity index (χ1) is 12.1. The molecule has 1 unspecified atom stereocenters. The highest BCUT2D eigenvalue weighted by molar-refractivity contribution is 6.39. The molecular weight excluding hydrogens is 363 g/mol. The van der Waals surface area contributed by atoms with Crippen LogP contribution in [0, 0.1) is 0 Å². The van der Waals surface area contributed by atoms with E-state index < -0.39 is 11.6 Å². The Morgan fingerprint density at radius 3 is 2.20 bits per heavy atom. The fourth-order valence-electron chi connectivity index (χ4n) is 3.02. The average molecular weight is 381 g/mol. The summed E-state index contributed by atoms with van der Waals surface area (Å²) < 4.78 is 5.39. The first kappa shape index (κ1) is 18.0. The van der Waals surface area contributed by atoms with Crippen LogP contribution in [0.25, 0.3) is 0 Å². The second-order valence-electron chi connectivity index (χ2n) is 5.70. The van der Waals surface area contributed by atoms with Gasteiger partial charge in [-0.25, -0.2) is 4.79 Å². The zero-order chi connectivity index (χ0) is 17.9. The maximum atomic E-state index is 12.5. The molecule has 2 aromatic carbocycles. The molecule has 2 N–H and O–H groups in total. The van der Waals surface area contributed by atoms with Gasteiger partial charge < -0.3 is 15.2 Å². The third kappa shape index (κ3) is 3.46. The third-order valence-electron chi connectivity index (χ3n) is 4.26. The van der Waals surface area contributed by atoms with Crippen molar-refractivity contribution in [2.75, 3.05) is 31.6 Å². The molecule has 3 rings (SSSR count). The van der Waals surface area contributed by atoms with E-state index in [9.17, 15) is 9.90 Å². The minimum Gasteiger partial charge on any atom is -0.478 e. The Morgan fingerprint density at radius 1 is 1.04 bits per heavy atom. The summed E-state index contributed by atoms with van der Waals surface area (Å²) in [5.41, 5.74) is -0.511. The Hall–Kier alpha value is -1.79. The lowest BCUT2D eigenvalue weighted by Gasteiger charge is -2.43. The van der Waals surface area contributed by atoms with Gasteiger partial charge in [0, 0.05) is 18.7 Å². The highest BCUT2D eigenvalue weighted by atomic mass is 35.5. The SMILES string of the molecule is O=C(O)C(Nc1c(Cl)cccc1Cl)(c1ccccc1)N1CCOCC1. The summed E-state index contributed by atoms with van der Waals surface area (Å²) in [6.07, 6.45) is 0. The molecule has 132 valence electrons. The second-order valence-corrected chi connectivity index (χ2v) is 6.52. The van der Waals surface area contributed by atoms with Gasteiger partial charge in [0.05, 0.1) is 28.9 Å². The van der Waals surface area contributed by atoms with Gasteiger partial charge in [0.2, 0.25) is 5.66 Å². The van der Waals surface area contributed by atoms with Gasteiger partial charge in [-0.05, 0) is 12.1 Å². The van der Waals surface area contributed by atoms with Crippen LogP contribution in [0.4, 0.5) is 5.69 Å². The van der Waals surface area contributed by atoms with Crippen LogP contribution >= 0.6 is 23.2 Å². The zero-order valence-electron chi connectivity index (χ0n) is 13.4. The molecule has 1 heterocycles. The molecule has 2 aromatic rings. The van der Waals surface area contributed by atoms with E-state index in [-0.39, 0.29) is 0 Å². The van der Waals surface area contributed by atoms with Crippen LogP contribution in [-0.2, 0) is 15.2 Å². The van der Waals surface area contributed by atoms with Gasteiger partial charge in [0.1, 0.15) is 0 Å². The number of carbonyl (C=O) groups is 1. The third-order valence-corrected chi connectivity index (χ3v) is 4.89. The fraction of sp³-hybridized carbons (Fsp3) is 0.278. The van der Waals surface area contributed by atoms with Gasteiger partial charge in [0.25, 0.3) is 0 Å². The van der Waals surface area contributed by atoms with E-state index >= 15 is 0 Å². The first-order valence-corrected chi connectivity index (χ1v) is 8.65. The summed E-state index contributed by atoms with van der Waals surface area (Å²) in [6.45, 7) is 1.85. The van der Waals surface area contributed by atoms with Gasteiger partial charge in [-0.15, -0.1) is 0 Å². The van der Waals surface area contributed by atoms with Crippen molar-refractivity contribution in [3.05, 3.63) is 64.1 Å². The smallest absolute Gasteiger partial charge is 0.349 e. The molecule has 0 saturated carbocycles. The van der Waals surface area contributed by atoms with Gasteiger partial charge in [-0.1, -0.05) is 59.6 Å². The molecule has 7 heteroatoms. The molecule has 1 atom stereocenters. The Kier molecular flexibility index (Phi) is 5.49. The highest BCUT2D eigenvalue weighted by Crippen LogP contribution is 2.38. The number of benzene rings is 2. The van der Waals surface area contributed by atoms with Crippen molar-refractivity contribution in [3.8, 4) is 0 Å². The molecule has 0 aliphatic carbocycles. The monoisotopic (exact) mass is 380 g/mol. The van der Waals surface area contributed by atoms with E-state index in [0.29, 0.717) is 47.6 Å². The summed E-state index contributed by atoms with van der Waals surface area (Å²) in [5.74, 6) is -1.03. The molecule has 0 amide bonds. The van der Waals surface area contributed by atoms with E-state index in [1.54, 1.807) is 30.3 Å². The Bertz CT molecular complexity index is 731. The molecule has 5 nitrogen and oxygen atoms in total. The number of hydrogen-bond donors (Lipinski definition) is 2. The number of halogens is 2. The summed E-state index contributed by atoms with van der Waals surface area (Å²) in [6, 6.07) is 14.1. The van der Waals surface area contributed by atoms with E-state index in [2.05, 4.69) is 5.32 Å². The zero-order valence-corrected chi connectivity index (χ0v) is 14.9. The molecule has 25 heavy (non-hydrogen) atoms. The van der Waals surface area contributed by atoms with Crippen LogP contribution in [-0.4, -0.2) is 42.3 Å². The van der Waals surface area contributed by atoms with Gasteiger partial charge in [-0.2, -0.15) is 0 Å². The lowest BCUT2D eigenvalue weighted by Crippen LogP contribution is -2.60. The lowest BCUT2D eigenvalue weighted by atomic mass is 9.96. The normalized spacial score (nSPS) is 17.7. The number of nitrogens with one attached hydrogen (secondary N) is 1. The molecule has 0 radical (unpaired) electrons. The molecular formula is C18H18Cl2N2O3. The predicted octanol–water partition coefficient (Wildman–Crippen LogP) is 3.68. The topological polar surface area (TPSA) is 61.8 Å². The van der Waals surface area contributed by atoms with E-state index in [1.165, 1.54) is 0 Å². The van der Waals surface area contributed by atoms with Crippen LogP contribution in [0.1, 0.15) is 5.56 Å². The quantitative estimate of drug-likeness (QED) is 0.828. The fourth-order valence-corrected chi connectivity index (χ4v) is 3.51.